The summed E-state index contributed by atoms with van der Waals surface area (Å²) in [5.74, 6) is -1.01. The Bertz CT molecular complexity index is 838. The Morgan fingerprint density at radius 3 is 2.22 bits per heavy atom. The molecule has 0 unspecified atom stereocenters. The highest BCUT2D eigenvalue weighted by Gasteiger charge is 2.35. The number of hydrogen-bond acceptors (Lipinski definition) is 5. The second kappa shape index (κ2) is 5.45. The first-order valence-corrected chi connectivity index (χ1v) is 6.77. The molecule has 0 spiro atoms. The number of nitro benzene ring substituents is 1. The summed E-state index contributed by atoms with van der Waals surface area (Å²) in [5.41, 5.74) is 1.32. The summed E-state index contributed by atoms with van der Waals surface area (Å²) in [7, 11) is 0. The van der Waals surface area contributed by atoms with Crippen LogP contribution in [-0.4, -0.2) is 27.5 Å². The van der Waals surface area contributed by atoms with Gasteiger partial charge in [-0.15, -0.1) is 0 Å². The fourth-order valence-electron chi connectivity index (χ4n) is 2.32. The zero-order valence-corrected chi connectivity index (χ0v) is 12.1. The summed E-state index contributed by atoms with van der Waals surface area (Å²) >= 11 is 0. The van der Waals surface area contributed by atoms with E-state index in [1.807, 2.05) is 0 Å². The molecule has 1 heterocycles. The monoisotopic (exact) mass is 309 g/mol. The Morgan fingerprint density at radius 1 is 1.04 bits per heavy atom. The number of hydrogen-bond donors (Lipinski definition) is 0. The van der Waals surface area contributed by atoms with Crippen LogP contribution in [-0.2, 0) is 0 Å². The van der Waals surface area contributed by atoms with Gasteiger partial charge in [-0.2, -0.15) is 10.1 Å². The van der Waals surface area contributed by atoms with Gasteiger partial charge in [-0.1, -0.05) is 24.3 Å². The predicted octanol–water partition coefficient (Wildman–Crippen LogP) is 2.62. The molecule has 3 rings (SSSR count). The number of fused-ring (bicyclic) bond motifs is 1. The van der Waals surface area contributed by atoms with Gasteiger partial charge in [0.2, 0.25) is 0 Å². The molecule has 0 fully saturated rings. The van der Waals surface area contributed by atoms with Crippen molar-refractivity contribution >= 4 is 23.2 Å². The van der Waals surface area contributed by atoms with E-state index in [-0.39, 0.29) is 5.69 Å². The average molecular weight is 309 g/mol. The van der Waals surface area contributed by atoms with Crippen LogP contribution in [0.3, 0.4) is 0 Å². The minimum absolute atomic E-state index is 0.0839. The van der Waals surface area contributed by atoms with Gasteiger partial charge in [0.25, 0.3) is 17.5 Å². The zero-order chi connectivity index (χ0) is 16.6. The number of carbonyl (C=O) groups is 2. The molecule has 23 heavy (non-hydrogen) atoms. The van der Waals surface area contributed by atoms with Gasteiger partial charge < -0.3 is 0 Å². The number of benzene rings is 2. The molecule has 7 heteroatoms. The van der Waals surface area contributed by atoms with Crippen LogP contribution in [0.25, 0.3) is 0 Å². The highest BCUT2D eigenvalue weighted by atomic mass is 16.6. The molecule has 0 bridgehead atoms. The molecule has 0 saturated carbocycles. The van der Waals surface area contributed by atoms with Crippen LogP contribution in [0.1, 0.15) is 33.2 Å². The first-order valence-electron chi connectivity index (χ1n) is 6.77. The summed E-state index contributed by atoms with van der Waals surface area (Å²) in [4.78, 5) is 34.8. The molecule has 114 valence electrons. The van der Waals surface area contributed by atoms with Crippen molar-refractivity contribution in [3.05, 3.63) is 75.3 Å². The lowest BCUT2D eigenvalue weighted by Crippen LogP contribution is -2.25. The summed E-state index contributed by atoms with van der Waals surface area (Å²) in [5, 5.41) is 15.7. The lowest BCUT2D eigenvalue weighted by Gasteiger charge is -2.09. The van der Waals surface area contributed by atoms with Crippen LogP contribution >= 0.6 is 0 Å². The van der Waals surface area contributed by atoms with Gasteiger partial charge in [-0.25, -0.2) is 0 Å². The highest BCUT2D eigenvalue weighted by Crippen LogP contribution is 2.23. The smallest absolute Gasteiger partial charge is 0.267 e. The summed E-state index contributed by atoms with van der Waals surface area (Å²) in [6, 6.07) is 12.3. The summed E-state index contributed by atoms with van der Waals surface area (Å²) in [6.45, 7) is 1.59. The van der Waals surface area contributed by atoms with E-state index in [0.717, 1.165) is 5.01 Å². The second-order valence-electron chi connectivity index (χ2n) is 4.96. The third kappa shape index (κ3) is 2.48. The van der Waals surface area contributed by atoms with E-state index in [1.54, 1.807) is 37.3 Å². The summed E-state index contributed by atoms with van der Waals surface area (Å²) < 4.78 is 0. The quantitative estimate of drug-likeness (QED) is 0.377. The van der Waals surface area contributed by atoms with Gasteiger partial charge in [0.15, 0.2) is 0 Å². The molecular formula is C16H11N3O4. The Hall–Kier alpha value is -3.35. The Morgan fingerprint density at radius 2 is 1.65 bits per heavy atom. The molecule has 1 aliphatic rings. The number of rotatable bonds is 3. The van der Waals surface area contributed by atoms with E-state index in [9.17, 15) is 19.7 Å². The number of amides is 2. The van der Waals surface area contributed by atoms with E-state index in [0.29, 0.717) is 22.4 Å². The maximum Gasteiger partial charge on any atom is 0.282 e. The van der Waals surface area contributed by atoms with Crippen molar-refractivity contribution in [2.75, 3.05) is 0 Å². The highest BCUT2D eigenvalue weighted by molar-refractivity contribution is 6.21. The molecular weight excluding hydrogens is 298 g/mol. The van der Waals surface area contributed by atoms with Crippen molar-refractivity contribution in [3.63, 3.8) is 0 Å². The molecule has 2 aromatic carbocycles. The molecule has 0 aromatic heterocycles. The van der Waals surface area contributed by atoms with Gasteiger partial charge in [-0.3, -0.25) is 19.7 Å². The normalized spacial score (nSPS) is 14.1. The fourth-order valence-corrected chi connectivity index (χ4v) is 2.32. The molecule has 1 aliphatic heterocycles. The van der Waals surface area contributed by atoms with Crippen molar-refractivity contribution in [3.8, 4) is 0 Å². The van der Waals surface area contributed by atoms with Gasteiger partial charge in [0, 0.05) is 17.7 Å². The standard InChI is InChI=1S/C16H11N3O4/c1-10(11-5-4-6-12(9-11)19(22)23)17-18-15(20)13-7-2-3-8-14(13)16(18)21/h2-9H,1H3/b17-10-. The topological polar surface area (TPSA) is 92.9 Å². The van der Waals surface area contributed by atoms with Crippen molar-refractivity contribution in [1.82, 2.24) is 5.01 Å². The van der Waals surface area contributed by atoms with E-state index in [1.165, 1.54) is 18.2 Å². The second-order valence-corrected chi connectivity index (χ2v) is 4.96. The van der Waals surface area contributed by atoms with E-state index in [2.05, 4.69) is 5.10 Å². The molecule has 0 N–H and O–H groups in total. The van der Waals surface area contributed by atoms with E-state index >= 15 is 0 Å². The van der Waals surface area contributed by atoms with Crippen LogP contribution < -0.4 is 0 Å². The van der Waals surface area contributed by atoms with Gasteiger partial charge in [-0.05, 0) is 19.1 Å². The van der Waals surface area contributed by atoms with Crippen LogP contribution in [0.5, 0.6) is 0 Å². The van der Waals surface area contributed by atoms with Gasteiger partial charge in [0.05, 0.1) is 21.8 Å². The average Bonchev–Trinajstić information content (AvgIpc) is 2.80. The minimum Gasteiger partial charge on any atom is -0.267 e. The number of carbonyl (C=O) groups excluding carboxylic acids is 2. The molecule has 7 nitrogen and oxygen atoms in total. The Labute approximate surface area is 131 Å². The fraction of sp³-hybridized carbons (Fsp3) is 0.0625. The number of imide groups is 1. The molecule has 0 saturated heterocycles. The van der Waals surface area contributed by atoms with E-state index in [4.69, 9.17) is 0 Å². The third-order valence-electron chi connectivity index (χ3n) is 3.50. The van der Waals surface area contributed by atoms with Crippen molar-refractivity contribution in [1.29, 1.82) is 0 Å². The van der Waals surface area contributed by atoms with Crippen molar-refractivity contribution in [2.45, 2.75) is 6.92 Å². The third-order valence-corrected chi connectivity index (χ3v) is 3.50. The van der Waals surface area contributed by atoms with Gasteiger partial charge >= 0.3 is 0 Å². The van der Waals surface area contributed by atoms with Crippen LogP contribution in [0.15, 0.2) is 53.6 Å². The van der Waals surface area contributed by atoms with Crippen LogP contribution in [0.2, 0.25) is 0 Å². The van der Waals surface area contributed by atoms with E-state index < -0.39 is 16.7 Å². The largest absolute Gasteiger partial charge is 0.282 e. The molecule has 2 amide bonds. The van der Waals surface area contributed by atoms with Crippen molar-refractivity contribution < 1.29 is 14.5 Å². The maximum atomic E-state index is 12.2. The predicted molar refractivity (Wildman–Crippen MR) is 82.2 cm³/mol. The minimum atomic E-state index is -0.515. The Balaban J connectivity index is 1.96. The van der Waals surface area contributed by atoms with Crippen molar-refractivity contribution in [2.24, 2.45) is 5.10 Å². The molecule has 0 aliphatic carbocycles. The maximum absolute atomic E-state index is 12.2. The first-order chi connectivity index (χ1) is 11.0. The molecule has 0 atom stereocenters. The SMILES string of the molecule is C/C(=N/N1C(=O)c2ccccc2C1=O)c1cccc([N+](=O)[O-])c1. The summed E-state index contributed by atoms with van der Waals surface area (Å²) in [6.07, 6.45) is 0. The molecule has 2 aromatic rings. The number of nitro groups is 1. The van der Waals surface area contributed by atoms with Gasteiger partial charge in [0.1, 0.15) is 0 Å². The zero-order valence-electron chi connectivity index (χ0n) is 12.1. The number of non-ortho nitro benzene ring substituents is 1. The number of nitrogens with zero attached hydrogens (tertiary/aromatic N) is 3. The molecule has 0 radical (unpaired) electrons. The first kappa shape index (κ1) is 14.6. The number of hydrazone groups is 1. The van der Waals surface area contributed by atoms with Crippen LogP contribution in [0.4, 0.5) is 5.69 Å². The Kier molecular flexibility index (Phi) is 3.46. The lowest BCUT2D eigenvalue weighted by atomic mass is 10.1. The lowest BCUT2D eigenvalue weighted by molar-refractivity contribution is -0.384. The van der Waals surface area contributed by atoms with Crippen LogP contribution in [0, 0.1) is 10.1 Å².